The number of fused-ring (bicyclic) bond motifs is 5. The summed E-state index contributed by atoms with van der Waals surface area (Å²) in [5.41, 5.74) is 39.6. The second-order valence-electron chi connectivity index (χ2n) is 24.1. The number of carbonyl (C=O) groups excluding carboxylic acids is 5. The summed E-state index contributed by atoms with van der Waals surface area (Å²) >= 11 is 32.2. The number of aryl methyl sites for hydroxylation is 1. The highest BCUT2D eigenvalue weighted by molar-refractivity contribution is 6.38. The lowest BCUT2D eigenvalue weighted by Gasteiger charge is -2.11. The number of ether oxygens (including phenoxy) is 1. The molecule has 109 heavy (non-hydrogen) atoms. The van der Waals surface area contributed by atoms with Crippen molar-refractivity contribution in [3.8, 4) is 73.2 Å². The van der Waals surface area contributed by atoms with Crippen molar-refractivity contribution in [2.24, 2.45) is 28.7 Å². The van der Waals surface area contributed by atoms with E-state index >= 15 is 0 Å². The molecule has 10 amide bonds. The summed E-state index contributed by atoms with van der Waals surface area (Å²) in [6, 6.07) is 56.0. The molecule has 5 heterocycles. The highest BCUT2D eigenvalue weighted by Crippen LogP contribution is 2.51. The number of H-pyrrole nitrogens is 5. The standard InChI is InChI=1S/C17H15ClN4O.C15H10ClN5O.C15H13ClN4O2.C15H13ClN4O.C14H11ClN4O2/c18-14-11(9-4-2-1-3-5-9)8-12-15(13(14)10-6-7-10)21-22-16(12)20-17(19)23;16-12-9(8-4-2-1-3-5-8)6-10-13(11(12)7-17)20-21-14(10)19-15(18)22;1-22-13-11(16)9(8-5-3-2-4-6-8)7-10-12(13)19-20-14(10)18-15(17)21;1-8-12(16)10(9-5-3-2-4-6-9)7-11-13(8)19-20-14(11)18-15(17)21;15-10-8(7-4-2-1-3-5-7)6-9-11(12(10)20)18-19-13(9)17-14(16)21/h1-5,8,10H,6-7H2,(H4,19,20,21,22,23);1-6H,(H4,18,19,20,21,22);2-7H,1H3,(H4,17,18,19,20,21);2-7H,1H3,(H4,17,18,19,20,21);1-6,20H,(H4,16,17,18,19,21). The first-order chi connectivity index (χ1) is 52.5. The molecule has 5 aromatic heterocycles. The lowest BCUT2D eigenvalue weighted by Crippen LogP contribution is -2.19. The van der Waals surface area contributed by atoms with E-state index in [0.717, 1.165) is 95.3 Å². The summed E-state index contributed by atoms with van der Waals surface area (Å²) < 4.78 is 5.39. The number of urea groups is 5. The van der Waals surface area contributed by atoms with Gasteiger partial charge in [-0.05, 0) is 89.4 Å². The number of primary amides is 5. The normalized spacial score (nSPS) is 11.4. The number of aromatic hydroxyl groups is 1. The van der Waals surface area contributed by atoms with Crippen molar-refractivity contribution in [3.63, 3.8) is 0 Å². The number of methoxy groups -OCH3 is 1. The number of carbonyl (C=O) groups is 5. The zero-order valence-corrected chi connectivity index (χ0v) is 60.9. The number of aromatic amines is 5. The Morgan fingerprint density at radius 3 is 1.06 bits per heavy atom. The number of anilines is 5. The fourth-order valence-corrected chi connectivity index (χ4v) is 13.6. The summed E-state index contributed by atoms with van der Waals surface area (Å²) in [6.45, 7) is 1.91. The van der Waals surface area contributed by atoms with E-state index < -0.39 is 30.2 Å². The van der Waals surface area contributed by atoms with Crippen LogP contribution in [0.15, 0.2) is 182 Å². The minimum absolute atomic E-state index is 0.127. The third-order valence-electron chi connectivity index (χ3n) is 17.1. The smallest absolute Gasteiger partial charge is 0.317 e. The van der Waals surface area contributed by atoms with E-state index in [2.05, 4.69) is 83.6 Å². The number of nitrogens with one attached hydrogen (secondary N) is 10. The van der Waals surface area contributed by atoms with Gasteiger partial charge in [-0.3, -0.25) is 52.1 Å². The minimum atomic E-state index is -0.737. The van der Waals surface area contributed by atoms with Crippen molar-refractivity contribution >= 4 is 172 Å². The number of aromatic nitrogens is 10. The van der Waals surface area contributed by atoms with Gasteiger partial charge < -0.3 is 38.5 Å². The van der Waals surface area contributed by atoms with Gasteiger partial charge in [0.15, 0.2) is 40.6 Å². The molecule has 21 N–H and O–H groups in total. The van der Waals surface area contributed by atoms with Gasteiger partial charge in [0, 0.05) is 60.3 Å². The highest BCUT2D eigenvalue weighted by Gasteiger charge is 2.32. The van der Waals surface area contributed by atoms with Crippen LogP contribution >= 0.6 is 58.0 Å². The number of nitriles is 1. The molecule has 16 rings (SSSR count). The molecular weight excluding hydrogens is 1500 g/mol. The van der Waals surface area contributed by atoms with Gasteiger partial charge in [-0.1, -0.05) is 210 Å². The Kier molecular flexibility index (Phi) is 22.6. The second kappa shape index (κ2) is 32.8. The molecule has 1 aliphatic carbocycles. The van der Waals surface area contributed by atoms with Crippen LogP contribution in [0.1, 0.15) is 35.4 Å². The van der Waals surface area contributed by atoms with E-state index in [1.807, 2.05) is 177 Å². The topological polar surface area (TPSA) is 472 Å². The monoisotopic (exact) mass is 1560 g/mol. The number of nitrogens with zero attached hydrogens (tertiary/aromatic N) is 6. The molecule has 1 aliphatic rings. The summed E-state index contributed by atoms with van der Waals surface area (Å²) in [7, 11) is 1.53. The molecule has 548 valence electrons. The van der Waals surface area contributed by atoms with Crippen molar-refractivity contribution < 1.29 is 33.8 Å². The predicted molar refractivity (Wildman–Crippen MR) is 428 cm³/mol. The molecule has 0 atom stereocenters. The number of phenolic OH excluding ortho intramolecular Hbond substituents is 1. The SMILES string of the molecule is COc1c(Cl)c(-c2ccccc2)cc2c(NC(N)=O)n[nH]c12.Cc1c(Cl)c(-c2ccccc2)cc2c(NC(N)=O)n[nH]c12.N#Cc1c(Cl)c(-c2ccccc2)cc2c(NC(N)=O)n[nH]c12.NC(=O)Nc1n[nH]c2c(C3CC3)c(Cl)c(-c3ccccc3)cc12.NC(=O)Nc1n[nH]c2c(O)c(Cl)c(-c3ccccc3)cc12. The number of benzene rings is 10. The highest BCUT2D eigenvalue weighted by atomic mass is 35.5. The van der Waals surface area contributed by atoms with Crippen molar-refractivity contribution in [1.29, 1.82) is 5.26 Å². The van der Waals surface area contributed by atoms with Gasteiger partial charge in [-0.15, -0.1) is 0 Å². The Bertz CT molecular complexity index is 5870. The number of amides is 10. The molecule has 28 nitrogen and oxygen atoms in total. The molecule has 1 fully saturated rings. The minimum Gasteiger partial charge on any atom is -0.504 e. The van der Waals surface area contributed by atoms with Crippen LogP contribution < -0.4 is 60.0 Å². The van der Waals surface area contributed by atoms with Crippen LogP contribution in [0.3, 0.4) is 0 Å². The predicted octanol–water partition coefficient (Wildman–Crippen LogP) is 17.6. The van der Waals surface area contributed by atoms with E-state index in [4.69, 9.17) is 91.4 Å². The number of nitrogens with two attached hydrogens (primary N) is 5. The fraction of sp³-hybridized carbons (Fsp3) is 0.0658. The van der Waals surface area contributed by atoms with Crippen molar-refractivity contribution in [2.75, 3.05) is 33.7 Å². The molecule has 1 saturated carbocycles. The number of rotatable bonds is 12. The Hall–Kier alpha value is -13.6. The zero-order valence-electron chi connectivity index (χ0n) is 57.2. The molecule has 0 aliphatic heterocycles. The van der Waals surface area contributed by atoms with Gasteiger partial charge in [-0.25, -0.2) is 24.0 Å². The maximum Gasteiger partial charge on any atom is 0.317 e. The van der Waals surface area contributed by atoms with E-state index in [9.17, 15) is 34.3 Å². The van der Waals surface area contributed by atoms with Gasteiger partial charge in [0.05, 0.1) is 54.3 Å². The second-order valence-corrected chi connectivity index (χ2v) is 26.0. The summed E-state index contributed by atoms with van der Waals surface area (Å²) in [5.74, 6) is 2.43. The van der Waals surface area contributed by atoms with Crippen LogP contribution in [0.4, 0.5) is 53.1 Å². The Morgan fingerprint density at radius 1 is 0.413 bits per heavy atom. The molecule has 0 bridgehead atoms. The van der Waals surface area contributed by atoms with Gasteiger partial charge in [0.25, 0.3) is 0 Å². The van der Waals surface area contributed by atoms with Crippen LogP contribution in [0.25, 0.3) is 110 Å². The average Bonchev–Trinajstić information content (AvgIpc) is 1.62. The number of phenols is 1. The third kappa shape index (κ3) is 16.3. The molecule has 15 aromatic rings. The van der Waals surface area contributed by atoms with Crippen molar-refractivity contribution in [1.82, 2.24) is 51.0 Å². The largest absolute Gasteiger partial charge is 0.504 e. The van der Waals surface area contributed by atoms with E-state index in [1.54, 1.807) is 12.1 Å². The first-order valence-electron chi connectivity index (χ1n) is 32.7. The molecule has 0 radical (unpaired) electrons. The Labute approximate surface area is 642 Å². The lowest BCUT2D eigenvalue weighted by atomic mass is 9.97. The first kappa shape index (κ1) is 75.1. The molecule has 0 unspecified atom stereocenters. The molecule has 33 heteroatoms. The number of halogens is 5. The maximum atomic E-state index is 11.2. The van der Waals surface area contributed by atoms with E-state index in [1.165, 1.54) is 7.11 Å². The molecular formula is C76H62Cl5N21O7. The fourth-order valence-electron chi connectivity index (χ4n) is 12.1. The van der Waals surface area contributed by atoms with Crippen molar-refractivity contribution in [3.05, 3.63) is 224 Å². The molecule has 0 spiro atoms. The van der Waals surface area contributed by atoms with Crippen LogP contribution in [0.5, 0.6) is 11.5 Å². The van der Waals surface area contributed by atoms with Crippen LogP contribution in [-0.4, -0.2) is 93.4 Å². The lowest BCUT2D eigenvalue weighted by molar-refractivity contribution is 0.258. The summed E-state index contributed by atoms with van der Waals surface area (Å²) in [5, 5.41) is 71.9. The summed E-state index contributed by atoms with van der Waals surface area (Å²) in [6.07, 6.45) is 2.23. The van der Waals surface area contributed by atoms with Crippen LogP contribution in [-0.2, 0) is 0 Å². The molecule has 0 saturated heterocycles. The Morgan fingerprint density at radius 2 is 0.697 bits per heavy atom. The number of hydrogen-bond acceptors (Lipinski definition) is 13. The van der Waals surface area contributed by atoms with E-state index in [-0.39, 0.29) is 28.0 Å². The maximum absolute atomic E-state index is 11.2. The van der Waals surface area contributed by atoms with Gasteiger partial charge >= 0.3 is 30.2 Å². The van der Waals surface area contributed by atoms with Crippen LogP contribution in [0, 0.1) is 18.3 Å². The molecule has 10 aromatic carbocycles. The third-order valence-corrected chi connectivity index (χ3v) is 19.2. The summed E-state index contributed by atoms with van der Waals surface area (Å²) in [4.78, 5) is 55.4. The van der Waals surface area contributed by atoms with Crippen LogP contribution in [0.2, 0.25) is 25.1 Å². The quantitative estimate of drug-likeness (QED) is 0.0541. The Balaban J connectivity index is 0.000000127. The number of hydrogen-bond donors (Lipinski definition) is 16. The van der Waals surface area contributed by atoms with Gasteiger partial charge in [-0.2, -0.15) is 30.8 Å². The van der Waals surface area contributed by atoms with Gasteiger partial charge in [0.1, 0.15) is 17.1 Å². The first-order valence-corrected chi connectivity index (χ1v) is 34.6. The van der Waals surface area contributed by atoms with Crippen molar-refractivity contribution in [2.45, 2.75) is 25.7 Å². The average molecular weight is 1560 g/mol. The zero-order chi connectivity index (χ0) is 77.3. The van der Waals surface area contributed by atoms with E-state index in [0.29, 0.717) is 88.0 Å². The van der Waals surface area contributed by atoms with Gasteiger partial charge in [0.2, 0.25) is 0 Å².